The first kappa shape index (κ1) is 12.0. The zero-order valence-corrected chi connectivity index (χ0v) is 11.5. The number of fused-ring (bicyclic) bond motifs is 1. The predicted octanol–water partition coefficient (Wildman–Crippen LogP) is 2.60. The van der Waals surface area contributed by atoms with Gasteiger partial charge in [-0.3, -0.25) is 9.78 Å². The Balaban J connectivity index is 2.10. The van der Waals surface area contributed by atoms with Crippen molar-refractivity contribution < 1.29 is 0 Å². The molecule has 5 heteroatoms. The highest BCUT2D eigenvalue weighted by Crippen LogP contribution is 2.15. The number of hydrogen-bond donors (Lipinski definition) is 0. The molecular weight excluding hydrogens is 306 g/mol. The van der Waals surface area contributed by atoms with Gasteiger partial charge in [-0.2, -0.15) is 5.10 Å². The van der Waals surface area contributed by atoms with Gasteiger partial charge < -0.3 is 0 Å². The monoisotopic (exact) mass is 315 g/mol. The van der Waals surface area contributed by atoms with E-state index in [-0.39, 0.29) is 5.56 Å². The molecule has 0 N–H and O–H groups in total. The Morgan fingerprint density at radius 2 is 1.95 bits per heavy atom. The van der Waals surface area contributed by atoms with Gasteiger partial charge >= 0.3 is 0 Å². The molecule has 4 nitrogen and oxygen atoms in total. The van der Waals surface area contributed by atoms with Crippen LogP contribution in [0, 0.1) is 0 Å². The Kier molecular flexibility index (Phi) is 3.13. The third kappa shape index (κ3) is 2.42. The van der Waals surface area contributed by atoms with Crippen LogP contribution in [0.1, 0.15) is 5.56 Å². The Bertz CT molecular complexity index is 784. The molecule has 2 aromatic heterocycles. The van der Waals surface area contributed by atoms with Crippen LogP contribution >= 0.6 is 15.9 Å². The molecular formula is C14H10BrN3O. The van der Waals surface area contributed by atoms with E-state index in [2.05, 4.69) is 26.0 Å². The lowest BCUT2D eigenvalue weighted by Gasteiger charge is -2.06. The first-order valence-electron chi connectivity index (χ1n) is 5.78. The van der Waals surface area contributed by atoms with E-state index in [1.807, 2.05) is 30.3 Å². The maximum atomic E-state index is 12.3. The largest absolute Gasteiger partial charge is 0.274 e. The maximum Gasteiger partial charge on any atom is 0.274 e. The van der Waals surface area contributed by atoms with Gasteiger partial charge in [0.25, 0.3) is 5.56 Å². The standard InChI is InChI=1S/C14H10BrN3O/c15-12-2-1-11-8-17-18(14(19)13(11)7-12)9-10-3-5-16-6-4-10/h1-8H,9H2. The van der Waals surface area contributed by atoms with E-state index in [9.17, 15) is 4.79 Å². The molecule has 0 amide bonds. The molecule has 0 bridgehead atoms. The minimum atomic E-state index is -0.0874. The summed E-state index contributed by atoms with van der Waals surface area (Å²) < 4.78 is 2.35. The third-order valence-electron chi connectivity index (χ3n) is 2.90. The molecule has 1 aromatic carbocycles. The quantitative estimate of drug-likeness (QED) is 0.730. The molecule has 0 aliphatic heterocycles. The molecule has 94 valence electrons. The summed E-state index contributed by atoms with van der Waals surface area (Å²) in [6, 6.07) is 9.35. The Morgan fingerprint density at radius 3 is 2.74 bits per heavy atom. The van der Waals surface area contributed by atoms with Crippen molar-refractivity contribution in [3.05, 3.63) is 69.3 Å². The fourth-order valence-corrected chi connectivity index (χ4v) is 2.28. The SMILES string of the molecule is O=c1c2cc(Br)ccc2cnn1Cc1ccncc1. The molecule has 3 rings (SSSR count). The lowest BCUT2D eigenvalue weighted by Crippen LogP contribution is -2.23. The molecule has 0 unspecified atom stereocenters. The van der Waals surface area contributed by atoms with Gasteiger partial charge in [0.2, 0.25) is 0 Å². The van der Waals surface area contributed by atoms with Gasteiger partial charge in [-0.15, -0.1) is 0 Å². The lowest BCUT2D eigenvalue weighted by molar-refractivity contribution is 0.647. The normalized spacial score (nSPS) is 10.8. The van der Waals surface area contributed by atoms with Crippen molar-refractivity contribution in [3.8, 4) is 0 Å². The molecule has 0 radical (unpaired) electrons. The summed E-state index contributed by atoms with van der Waals surface area (Å²) in [5, 5.41) is 5.71. The second-order valence-corrected chi connectivity index (χ2v) is 5.11. The van der Waals surface area contributed by atoms with Gasteiger partial charge in [-0.05, 0) is 29.8 Å². The third-order valence-corrected chi connectivity index (χ3v) is 3.39. The van der Waals surface area contributed by atoms with Crippen LogP contribution in [0.5, 0.6) is 0 Å². The number of nitrogens with zero attached hydrogens (tertiary/aromatic N) is 3. The van der Waals surface area contributed by atoms with Crippen LogP contribution < -0.4 is 5.56 Å². The van der Waals surface area contributed by atoms with Crippen LogP contribution in [0.3, 0.4) is 0 Å². The first-order valence-corrected chi connectivity index (χ1v) is 6.57. The maximum absolute atomic E-state index is 12.3. The molecule has 0 saturated carbocycles. The Hall–Kier alpha value is -2.01. The number of rotatable bonds is 2. The lowest BCUT2D eigenvalue weighted by atomic mass is 10.2. The summed E-state index contributed by atoms with van der Waals surface area (Å²) in [6.45, 7) is 0.448. The van der Waals surface area contributed by atoms with Crippen LogP contribution in [-0.2, 0) is 6.54 Å². The van der Waals surface area contributed by atoms with Crippen molar-refractivity contribution in [3.63, 3.8) is 0 Å². The molecule has 3 aromatic rings. The van der Waals surface area contributed by atoms with Crippen LogP contribution in [0.4, 0.5) is 0 Å². The summed E-state index contributed by atoms with van der Waals surface area (Å²) in [5.41, 5.74) is 0.912. The molecule has 0 atom stereocenters. The molecule has 0 spiro atoms. The van der Waals surface area contributed by atoms with Crippen LogP contribution in [0.2, 0.25) is 0 Å². The van der Waals surface area contributed by atoms with Crippen molar-refractivity contribution >= 4 is 26.7 Å². The van der Waals surface area contributed by atoms with Gasteiger partial charge in [-0.25, -0.2) is 4.68 Å². The second-order valence-electron chi connectivity index (χ2n) is 4.19. The molecule has 0 aliphatic rings. The van der Waals surface area contributed by atoms with E-state index in [1.165, 1.54) is 4.68 Å². The number of hydrogen-bond acceptors (Lipinski definition) is 3. The van der Waals surface area contributed by atoms with Gasteiger partial charge in [0.15, 0.2) is 0 Å². The Morgan fingerprint density at radius 1 is 1.16 bits per heavy atom. The van der Waals surface area contributed by atoms with E-state index in [0.29, 0.717) is 11.9 Å². The minimum absolute atomic E-state index is 0.0874. The van der Waals surface area contributed by atoms with Crippen LogP contribution in [0.25, 0.3) is 10.8 Å². The van der Waals surface area contributed by atoms with Crippen molar-refractivity contribution in [1.29, 1.82) is 0 Å². The average molecular weight is 316 g/mol. The average Bonchev–Trinajstić information content (AvgIpc) is 2.44. The van der Waals surface area contributed by atoms with Crippen molar-refractivity contribution in [2.75, 3.05) is 0 Å². The highest BCUT2D eigenvalue weighted by molar-refractivity contribution is 9.10. The highest BCUT2D eigenvalue weighted by Gasteiger charge is 2.05. The Labute approximate surface area is 117 Å². The van der Waals surface area contributed by atoms with Gasteiger partial charge in [0, 0.05) is 22.3 Å². The number of aromatic nitrogens is 3. The topological polar surface area (TPSA) is 47.8 Å². The minimum Gasteiger partial charge on any atom is -0.267 e. The smallest absolute Gasteiger partial charge is 0.267 e. The van der Waals surface area contributed by atoms with E-state index in [1.54, 1.807) is 18.6 Å². The van der Waals surface area contributed by atoms with Gasteiger partial charge in [0.05, 0.1) is 18.1 Å². The summed E-state index contributed by atoms with van der Waals surface area (Å²) in [6.07, 6.45) is 5.13. The zero-order chi connectivity index (χ0) is 13.2. The van der Waals surface area contributed by atoms with Crippen LogP contribution in [-0.4, -0.2) is 14.8 Å². The highest BCUT2D eigenvalue weighted by atomic mass is 79.9. The first-order chi connectivity index (χ1) is 9.24. The summed E-state index contributed by atoms with van der Waals surface area (Å²) in [7, 11) is 0. The van der Waals surface area contributed by atoms with Crippen molar-refractivity contribution in [2.45, 2.75) is 6.54 Å². The number of pyridine rings is 1. The fourth-order valence-electron chi connectivity index (χ4n) is 1.92. The van der Waals surface area contributed by atoms with Gasteiger partial charge in [0.1, 0.15) is 0 Å². The van der Waals surface area contributed by atoms with Crippen LogP contribution in [0.15, 0.2) is 58.2 Å². The zero-order valence-electron chi connectivity index (χ0n) is 9.95. The summed E-state index contributed by atoms with van der Waals surface area (Å²) >= 11 is 3.38. The van der Waals surface area contributed by atoms with E-state index in [0.717, 1.165) is 15.4 Å². The predicted molar refractivity (Wildman–Crippen MR) is 77.0 cm³/mol. The van der Waals surface area contributed by atoms with Crippen molar-refractivity contribution in [2.24, 2.45) is 0 Å². The molecule has 2 heterocycles. The van der Waals surface area contributed by atoms with Gasteiger partial charge in [-0.1, -0.05) is 22.0 Å². The second kappa shape index (κ2) is 4.93. The van der Waals surface area contributed by atoms with E-state index in [4.69, 9.17) is 0 Å². The summed E-state index contributed by atoms with van der Waals surface area (Å²) in [5.74, 6) is 0. The van der Waals surface area contributed by atoms with E-state index >= 15 is 0 Å². The molecule has 0 fully saturated rings. The molecule has 0 saturated heterocycles. The molecule has 0 aliphatic carbocycles. The fraction of sp³-hybridized carbons (Fsp3) is 0.0714. The summed E-state index contributed by atoms with van der Waals surface area (Å²) in [4.78, 5) is 16.3. The van der Waals surface area contributed by atoms with E-state index < -0.39 is 0 Å². The number of halogens is 1. The molecule has 19 heavy (non-hydrogen) atoms. The van der Waals surface area contributed by atoms with Crippen molar-refractivity contribution in [1.82, 2.24) is 14.8 Å². The number of benzene rings is 1.